The molecule has 0 fully saturated rings. The molecule has 1 aromatic carbocycles. The second-order valence-corrected chi connectivity index (χ2v) is 6.58. The fourth-order valence-corrected chi connectivity index (χ4v) is 3.34. The van der Waals surface area contributed by atoms with Crippen LogP contribution < -0.4 is 11.3 Å². The van der Waals surface area contributed by atoms with Crippen molar-refractivity contribution in [1.29, 1.82) is 0 Å². The molecule has 2 rings (SSSR count). The predicted octanol–water partition coefficient (Wildman–Crippen LogP) is 3.74. The number of nitrogens with two attached hydrogens (primary N) is 1. The lowest BCUT2D eigenvalue weighted by molar-refractivity contribution is 0.540. The van der Waals surface area contributed by atoms with Crippen molar-refractivity contribution in [1.82, 2.24) is 15.2 Å². The standard InChI is InChI=1S/C12H13Br3N4/c1-2-19-12(10(15)6-17-19)11(18-16)8-5-7(13)3-4-9(8)14/h3-6,11,18H,2,16H2,1H3. The minimum absolute atomic E-state index is 0.149. The first-order valence-corrected chi connectivity index (χ1v) is 8.08. The van der Waals surface area contributed by atoms with Gasteiger partial charge in [0, 0.05) is 15.5 Å². The van der Waals surface area contributed by atoms with E-state index in [0.29, 0.717) is 0 Å². The van der Waals surface area contributed by atoms with Crippen LogP contribution in [-0.2, 0) is 6.54 Å². The highest BCUT2D eigenvalue weighted by Crippen LogP contribution is 2.33. The van der Waals surface area contributed by atoms with E-state index in [1.165, 1.54) is 0 Å². The van der Waals surface area contributed by atoms with Gasteiger partial charge in [-0.05, 0) is 46.6 Å². The largest absolute Gasteiger partial charge is 0.271 e. The van der Waals surface area contributed by atoms with Gasteiger partial charge in [-0.1, -0.05) is 31.9 Å². The Morgan fingerprint density at radius 2 is 2.05 bits per heavy atom. The van der Waals surface area contributed by atoms with E-state index < -0.39 is 0 Å². The maximum absolute atomic E-state index is 5.76. The Bertz CT molecular complexity index is 582. The van der Waals surface area contributed by atoms with Gasteiger partial charge >= 0.3 is 0 Å². The van der Waals surface area contributed by atoms with Crippen molar-refractivity contribution in [3.8, 4) is 0 Å². The number of aryl methyl sites for hydroxylation is 1. The summed E-state index contributed by atoms with van der Waals surface area (Å²) in [5.74, 6) is 5.76. The smallest absolute Gasteiger partial charge is 0.0901 e. The van der Waals surface area contributed by atoms with Crippen molar-refractivity contribution >= 4 is 47.8 Å². The summed E-state index contributed by atoms with van der Waals surface area (Å²) < 4.78 is 4.85. The molecule has 1 unspecified atom stereocenters. The van der Waals surface area contributed by atoms with Crippen molar-refractivity contribution in [2.75, 3.05) is 0 Å². The number of nitrogens with one attached hydrogen (secondary N) is 1. The van der Waals surface area contributed by atoms with E-state index in [-0.39, 0.29) is 6.04 Å². The van der Waals surface area contributed by atoms with Crippen LogP contribution in [-0.4, -0.2) is 9.78 Å². The first kappa shape index (κ1) is 15.2. The number of halogens is 3. The zero-order valence-electron chi connectivity index (χ0n) is 10.2. The average Bonchev–Trinajstić information content (AvgIpc) is 2.76. The van der Waals surface area contributed by atoms with Gasteiger partial charge in [-0.25, -0.2) is 5.43 Å². The number of hydrogen-bond acceptors (Lipinski definition) is 3. The third-order valence-corrected chi connectivity index (χ3v) is 4.67. The normalized spacial score (nSPS) is 12.7. The topological polar surface area (TPSA) is 55.9 Å². The van der Waals surface area contributed by atoms with Crippen LogP contribution in [0, 0.1) is 0 Å². The SMILES string of the molecule is CCn1ncc(Br)c1C(NN)c1cc(Br)ccc1Br. The summed E-state index contributed by atoms with van der Waals surface area (Å²) in [5.41, 5.74) is 4.92. The van der Waals surface area contributed by atoms with Gasteiger partial charge in [0.05, 0.1) is 22.4 Å². The van der Waals surface area contributed by atoms with Gasteiger partial charge in [0.25, 0.3) is 0 Å². The van der Waals surface area contributed by atoms with E-state index in [1.54, 1.807) is 6.20 Å². The molecule has 7 heteroatoms. The van der Waals surface area contributed by atoms with Crippen molar-refractivity contribution in [2.45, 2.75) is 19.5 Å². The van der Waals surface area contributed by atoms with Gasteiger partial charge in [-0.2, -0.15) is 5.10 Å². The molecule has 102 valence electrons. The van der Waals surface area contributed by atoms with Crippen LogP contribution in [0.1, 0.15) is 24.2 Å². The second kappa shape index (κ2) is 6.49. The van der Waals surface area contributed by atoms with Crippen LogP contribution >= 0.6 is 47.8 Å². The summed E-state index contributed by atoms with van der Waals surface area (Å²) in [5, 5.41) is 4.33. The second-order valence-electron chi connectivity index (χ2n) is 3.96. The lowest BCUT2D eigenvalue weighted by atomic mass is 10.0. The first-order chi connectivity index (χ1) is 9.08. The maximum atomic E-state index is 5.76. The number of rotatable bonds is 4. The Balaban J connectivity index is 2.56. The van der Waals surface area contributed by atoms with Crippen molar-refractivity contribution in [3.05, 3.63) is 49.1 Å². The molecule has 0 saturated carbocycles. The number of aromatic nitrogens is 2. The Morgan fingerprint density at radius 1 is 1.32 bits per heavy atom. The molecule has 0 aliphatic rings. The highest BCUT2D eigenvalue weighted by Gasteiger charge is 2.22. The predicted molar refractivity (Wildman–Crippen MR) is 86.6 cm³/mol. The van der Waals surface area contributed by atoms with Crippen LogP contribution in [0.3, 0.4) is 0 Å². The van der Waals surface area contributed by atoms with Crippen LogP contribution in [0.4, 0.5) is 0 Å². The summed E-state index contributed by atoms with van der Waals surface area (Å²) in [4.78, 5) is 0. The van der Waals surface area contributed by atoms with Gasteiger partial charge in [0.2, 0.25) is 0 Å². The third kappa shape index (κ3) is 3.11. The molecule has 0 aliphatic carbocycles. The molecule has 0 amide bonds. The van der Waals surface area contributed by atoms with E-state index in [9.17, 15) is 0 Å². The van der Waals surface area contributed by atoms with E-state index in [0.717, 1.165) is 31.2 Å². The van der Waals surface area contributed by atoms with Crippen LogP contribution in [0.25, 0.3) is 0 Å². The zero-order valence-corrected chi connectivity index (χ0v) is 15.0. The van der Waals surface area contributed by atoms with Gasteiger partial charge in [0.15, 0.2) is 0 Å². The Kier molecular flexibility index (Phi) is 5.19. The minimum Gasteiger partial charge on any atom is -0.271 e. The summed E-state index contributed by atoms with van der Waals surface area (Å²) in [7, 11) is 0. The van der Waals surface area contributed by atoms with Gasteiger partial charge < -0.3 is 0 Å². The molecule has 1 atom stereocenters. The zero-order chi connectivity index (χ0) is 14.0. The third-order valence-electron chi connectivity index (χ3n) is 2.84. The number of nitrogens with zero attached hydrogens (tertiary/aromatic N) is 2. The molecule has 1 heterocycles. The van der Waals surface area contributed by atoms with E-state index in [4.69, 9.17) is 5.84 Å². The summed E-state index contributed by atoms with van der Waals surface area (Å²) in [6.07, 6.45) is 1.79. The van der Waals surface area contributed by atoms with Crippen LogP contribution in [0.2, 0.25) is 0 Å². The molecule has 2 aromatic rings. The van der Waals surface area contributed by atoms with Crippen molar-refractivity contribution in [3.63, 3.8) is 0 Å². The van der Waals surface area contributed by atoms with E-state index >= 15 is 0 Å². The molecule has 0 spiro atoms. The number of hydrogen-bond donors (Lipinski definition) is 2. The number of hydrazine groups is 1. The summed E-state index contributed by atoms with van der Waals surface area (Å²) in [6, 6.07) is 5.86. The van der Waals surface area contributed by atoms with Crippen molar-refractivity contribution in [2.24, 2.45) is 5.84 Å². The molecular weight excluding hydrogens is 440 g/mol. The van der Waals surface area contributed by atoms with E-state index in [2.05, 4.69) is 58.3 Å². The molecular formula is C12H13Br3N4. The summed E-state index contributed by atoms with van der Waals surface area (Å²) in [6.45, 7) is 2.83. The Hall–Kier alpha value is -0.210. The number of benzene rings is 1. The quantitative estimate of drug-likeness (QED) is 0.549. The van der Waals surface area contributed by atoms with Gasteiger partial charge in [-0.3, -0.25) is 10.5 Å². The minimum atomic E-state index is -0.149. The van der Waals surface area contributed by atoms with E-state index in [1.807, 2.05) is 29.8 Å². The molecule has 19 heavy (non-hydrogen) atoms. The van der Waals surface area contributed by atoms with Gasteiger partial charge in [-0.15, -0.1) is 0 Å². The molecule has 4 nitrogen and oxygen atoms in total. The molecule has 3 N–H and O–H groups in total. The molecule has 0 radical (unpaired) electrons. The highest BCUT2D eigenvalue weighted by atomic mass is 79.9. The fraction of sp³-hybridized carbons (Fsp3) is 0.250. The van der Waals surface area contributed by atoms with Crippen LogP contribution in [0.15, 0.2) is 37.8 Å². The molecule has 1 aromatic heterocycles. The first-order valence-electron chi connectivity index (χ1n) is 5.70. The van der Waals surface area contributed by atoms with Crippen LogP contribution in [0.5, 0.6) is 0 Å². The maximum Gasteiger partial charge on any atom is 0.0901 e. The van der Waals surface area contributed by atoms with Gasteiger partial charge in [0.1, 0.15) is 0 Å². The highest BCUT2D eigenvalue weighted by molar-refractivity contribution is 9.11. The molecule has 0 aliphatic heterocycles. The summed E-state index contributed by atoms with van der Waals surface area (Å²) >= 11 is 10.6. The molecule has 0 bridgehead atoms. The lowest BCUT2D eigenvalue weighted by Gasteiger charge is -2.20. The fourth-order valence-electron chi connectivity index (χ4n) is 1.96. The van der Waals surface area contributed by atoms with Crippen molar-refractivity contribution < 1.29 is 0 Å². The Morgan fingerprint density at radius 3 is 2.68 bits per heavy atom. The molecule has 0 saturated heterocycles. The Labute approximate surface area is 137 Å². The lowest BCUT2D eigenvalue weighted by Crippen LogP contribution is -2.31. The average molecular weight is 453 g/mol. The monoisotopic (exact) mass is 450 g/mol.